The van der Waals surface area contributed by atoms with E-state index in [0.717, 1.165) is 24.1 Å². The number of carbonyl (C=O) groups excluding carboxylic acids is 2. The van der Waals surface area contributed by atoms with Crippen LogP contribution in [0.3, 0.4) is 0 Å². The van der Waals surface area contributed by atoms with Crippen LogP contribution in [0.1, 0.15) is 39.7 Å². The highest BCUT2D eigenvalue weighted by Crippen LogP contribution is 2.08. The maximum absolute atomic E-state index is 12.3. The van der Waals surface area contributed by atoms with Gasteiger partial charge in [-0.2, -0.15) is 0 Å². The first-order valence-electron chi connectivity index (χ1n) is 11.2. The number of aromatic nitrogens is 1. The Hall–Kier alpha value is -4.23. The van der Waals surface area contributed by atoms with Crippen molar-refractivity contribution in [3.63, 3.8) is 0 Å². The first-order chi connectivity index (χ1) is 17.0. The minimum atomic E-state index is -1.17. The number of aliphatic hydroxyl groups excluding tert-OH is 2. The van der Waals surface area contributed by atoms with Gasteiger partial charge in [-0.25, -0.2) is 0 Å². The summed E-state index contributed by atoms with van der Waals surface area (Å²) >= 11 is 0. The fourth-order valence-electron chi connectivity index (χ4n) is 3.28. The largest absolute Gasteiger partial charge is 0.391 e. The van der Waals surface area contributed by atoms with Gasteiger partial charge in [-0.1, -0.05) is 30.0 Å². The predicted molar refractivity (Wildman–Crippen MR) is 133 cm³/mol. The van der Waals surface area contributed by atoms with Gasteiger partial charge in [0.2, 0.25) is 0 Å². The molecule has 1 amide bonds. The van der Waals surface area contributed by atoms with Gasteiger partial charge in [0.05, 0.1) is 6.10 Å². The molecule has 0 saturated heterocycles. The van der Waals surface area contributed by atoms with Gasteiger partial charge in [0.1, 0.15) is 12.6 Å². The Morgan fingerprint density at radius 1 is 0.914 bits per heavy atom. The maximum Gasteiger partial charge on any atom is 0.251 e. The molecule has 0 aliphatic heterocycles. The van der Waals surface area contributed by atoms with E-state index in [-0.39, 0.29) is 0 Å². The van der Waals surface area contributed by atoms with Crippen molar-refractivity contribution in [1.29, 1.82) is 0 Å². The summed E-state index contributed by atoms with van der Waals surface area (Å²) in [5.74, 6) is 10.4. The normalized spacial score (nSPS) is 11.7. The highest BCUT2D eigenvalue weighted by atomic mass is 16.3. The molecule has 0 fully saturated rings. The zero-order chi connectivity index (χ0) is 25.0. The molecule has 3 N–H and O–H groups in total. The number of nitrogens with zero attached hydrogens (tertiary/aromatic N) is 1. The highest BCUT2D eigenvalue weighted by Gasteiger charge is 2.25. The lowest BCUT2D eigenvalue weighted by Gasteiger charge is -2.19. The molecule has 2 aromatic carbocycles. The standard InChI is InChI=1S/C29H26N2O4/c1-21(33)28(27(34)20-32)31-29(35)25-16-13-23(14-17-25)7-3-2-6-22-9-11-24(12-10-22)15-18-26-8-4-5-19-30-26/h4-5,8-14,16-17,19,21,28,32-33H,15,18,20H2,1H3,(H,31,35)/t21-,28+/m1/s1. The molecule has 3 aromatic rings. The first-order valence-corrected chi connectivity index (χ1v) is 11.2. The molecule has 0 bridgehead atoms. The van der Waals surface area contributed by atoms with Crippen LogP contribution in [0.25, 0.3) is 0 Å². The summed E-state index contributed by atoms with van der Waals surface area (Å²) in [6, 6.07) is 19.3. The lowest BCUT2D eigenvalue weighted by Crippen LogP contribution is -2.48. The number of rotatable bonds is 8. The molecule has 0 aliphatic carbocycles. The van der Waals surface area contributed by atoms with Crippen molar-refractivity contribution < 1.29 is 19.8 Å². The quantitative estimate of drug-likeness (QED) is 0.443. The number of Topliss-reactive ketones (excluding diaryl/α,β-unsaturated/α-hetero) is 1. The number of ketones is 1. The van der Waals surface area contributed by atoms with Gasteiger partial charge in [0.25, 0.3) is 5.91 Å². The van der Waals surface area contributed by atoms with Gasteiger partial charge in [-0.05, 0) is 85.7 Å². The maximum atomic E-state index is 12.3. The molecule has 3 rings (SSSR count). The SMILES string of the molecule is C[C@@H](O)[C@H](NC(=O)c1ccc(C#CC#Cc2ccc(CCc3ccccn3)cc2)cc1)C(=O)CO. The molecule has 1 heterocycles. The van der Waals surface area contributed by atoms with Crippen LogP contribution >= 0.6 is 0 Å². The van der Waals surface area contributed by atoms with Crippen molar-refractivity contribution in [2.75, 3.05) is 6.61 Å². The molecular weight excluding hydrogens is 440 g/mol. The van der Waals surface area contributed by atoms with E-state index in [9.17, 15) is 14.7 Å². The Morgan fingerprint density at radius 2 is 1.54 bits per heavy atom. The Labute approximate surface area is 205 Å². The van der Waals surface area contributed by atoms with E-state index in [2.05, 4.69) is 46.1 Å². The molecule has 0 aliphatic rings. The van der Waals surface area contributed by atoms with E-state index in [1.54, 1.807) is 30.5 Å². The average Bonchev–Trinajstić information content (AvgIpc) is 2.89. The number of hydrogen-bond donors (Lipinski definition) is 3. The van der Waals surface area contributed by atoms with Crippen LogP contribution in [0.5, 0.6) is 0 Å². The molecule has 1 aromatic heterocycles. The van der Waals surface area contributed by atoms with Gasteiger partial charge in [-0.15, -0.1) is 0 Å². The van der Waals surface area contributed by atoms with Crippen LogP contribution in [-0.2, 0) is 17.6 Å². The molecule has 0 spiro atoms. The Kier molecular flexibility index (Phi) is 9.33. The molecule has 6 nitrogen and oxygen atoms in total. The van der Waals surface area contributed by atoms with E-state index >= 15 is 0 Å². The van der Waals surface area contributed by atoms with Gasteiger partial charge in [0.15, 0.2) is 5.78 Å². The summed E-state index contributed by atoms with van der Waals surface area (Å²) in [4.78, 5) is 28.3. The van der Waals surface area contributed by atoms with Crippen molar-refractivity contribution in [2.24, 2.45) is 0 Å². The van der Waals surface area contributed by atoms with E-state index in [4.69, 9.17) is 5.11 Å². The lowest BCUT2D eigenvalue weighted by atomic mass is 10.1. The molecule has 2 atom stereocenters. The number of hydrogen-bond acceptors (Lipinski definition) is 5. The minimum absolute atomic E-state index is 0.307. The highest BCUT2D eigenvalue weighted by molar-refractivity contribution is 5.98. The molecule has 0 radical (unpaired) electrons. The second kappa shape index (κ2) is 12.9. The number of carbonyl (C=O) groups is 2. The third-order valence-electron chi connectivity index (χ3n) is 5.24. The van der Waals surface area contributed by atoms with Crippen LogP contribution in [0, 0.1) is 23.7 Å². The monoisotopic (exact) mass is 466 g/mol. The second-order valence-electron chi connectivity index (χ2n) is 7.91. The van der Waals surface area contributed by atoms with Crippen molar-refractivity contribution >= 4 is 11.7 Å². The smallest absolute Gasteiger partial charge is 0.251 e. The van der Waals surface area contributed by atoms with Crippen molar-refractivity contribution in [1.82, 2.24) is 10.3 Å². The molecular formula is C29H26N2O4. The molecule has 35 heavy (non-hydrogen) atoms. The van der Waals surface area contributed by atoms with Gasteiger partial charge < -0.3 is 15.5 Å². The summed E-state index contributed by atoms with van der Waals surface area (Å²) in [6.07, 6.45) is 2.48. The van der Waals surface area contributed by atoms with E-state index in [1.807, 2.05) is 30.3 Å². The lowest BCUT2D eigenvalue weighted by molar-refractivity contribution is -0.125. The van der Waals surface area contributed by atoms with Gasteiger partial charge in [0, 0.05) is 28.6 Å². The first kappa shape index (κ1) is 25.4. The Balaban J connectivity index is 1.54. The molecule has 0 unspecified atom stereocenters. The topological polar surface area (TPSA) is 99.5 Å². The van der Waals surface area contributed by atoms with Crippen LogP contribution in [0.2, 0.25) is 0 Å². The van der Waals surface area contributed by atoms with E-state index in [0.29, 0.717) is 11.1 Å². The van der Waals surface area contributed by atoms with Crippen LogP contribution in [0.4, 0.5) is 0 Å². The summed E-state index contributed by atoms with van der Waals surface area (Å²) in [6.45, 7) is 0.609. The number of benzene rings is 2. The third-order valence-corrected chi connectivity index (χ3v) is 5.24. The summed E-state index contributed by atoms with van der Waals surface area (Å²) in [7, 11) is 0. The summed E-state index contributed by atoms with van der Waals surface area (Å²) in [5.41, 5.74) is 4.15. The molecule has 0 saturated carbocycles. The van der Waals surface area contributed by atoms with Crippen molar-refractivity contribution in [3.8, 4) is 23.7 Å². The van der Waals surface area contributed by atoms with Gasteiger partial charge in [-0.3, -0.25) is 14.6 Å². The zero-order valence-electron chi connectivity index (χ0n) is 19.4. The van der Waals surface area contributed by atoms with Crippen molar-refractivity contribution in [3.05, 3.63) is 101 Å². The van der Waals surface area contributed by atoms with Crippen LogP contribution in [-0.4, -0.2) is 45.6 Å². The summed E-state index contributed by atoms with van der Waals surface area (Å²) < 4.78 is 0. The van der Waals surface area contributed by atoms with E-state index < -0.39 is 30.4 Å². The molecule has 6 heteroatoms. The fourth-order valence-corrected chi connectivity index (χ4v) is 3.28. The number of nitrogens with one attached hydrogen (secondary N) is 1. The average molecular weight is 467 g/mol. The third kappa shape index (κ3) is 7.94. The van der Waals surface area contributed by atoms with E-state index in [1.165, 1.54) is 12.5 Å². The number of amides is 1. The summed E-state index contributed by atoms with van der Waals surface area (Å²) in [5, 5.41) is 21.1. The Morgan fingerprint density at radius 3 is 2.09 bits per heavy atom. The van der Waals surface area contributed by atoms with Crippen molar-refractivity contribution in [2.45, 2.75) is 31.9 Å². The number of aryl methyl sites for hydroxylation is 2. The predicted octanol–water partition coefficient (Wildman–Crippen LogP) is 2.31. The van der Waals surface area contributed by atoms with Crippen LogP contribution < -0.4 is 5.32 Å². The number of pyridine rings is 1. The fraction of sp³-hybridized carbons (Fsp3) is 0.207. The van der Waals surface area contributed by atoms with Crippen LogP contribution in [0.15, 0.2) is 72.9 Å². The molecule has 176 valence electrons. The zero-order valence-corrected chi connectivity index (χ0v) is 19.4. The second-order valence-corrected chi connectivity index (χ2v) is 7.91. The van der Waals surface area contributed by atoms with Gasteiger partial charge >= 0.3 is 0 Å². The number of aliphatic hydroxyl groups is 2. The minimum Gasteiger partial charge on any atom is -0.391 e. The Bertz CT molecular complexity index is 1260.